The molecule has 1 heterocycles. The van der Waals surface area contributed by atoms with Crippen LogP contribution in [0.15, 0.2) is 30.3 Å². The van der Waals surface area contributed by atoms with Gasteiger partial charge in [-0.05, 0) is 18.4 Å². The third kappa shape index (κ3) is 7.48. The van der Waals surface area contributed by atoms with Gasteiger partial charge in [0, 0.05) is 25.7 Å². The number of carbonyl (C=O) groups is 2. The largest absolute Gasteiger partial charge is 0.445 e. The summed E-state index contributed by atoms with van der Waals surface area (Å²) in [5.74, 6) is -0.174. The molecule has 1 aliphatic rings. The van der Waals surface area contributed by atoms with E-state index in [-0.39, 0.29) is 24.5 Å². The van der Waals surface area contributed by atoms with Crippen molar-refractivity contribution in [2.75, 3.05) is 32.8 Å². The Morgan fingerprint density at radius 2 is 1.82 bits per heavy atom. The number of hydrogen-bond donors (Lipinski definition) is 2. The molecular formula is C21H33N3O4. The number of morpholine rings is 1. The quantitative estimate of drug-likeness (QED) is 0.674. The van der Waals surface area contributed by atoms with Crippen LogP contribution in [0, 0.1) is 5.92 Å². The Kier molecular flexibility index (Phi) is 9.23. The van der Waals surface area contributed by atoms with E-state index in [9.17, 15) is 9.59 Å². The second-order valence-electron chi connectivity index (χ2n) is 7.39. The van der Waals surface area contributed by atoms with Crippen molar-refractivity contribution in [3.05, 3.63) is 35.9 Å². The van der Waals surface area contributed by atoms with E-state index in [0.717, 1.165) is 44.8 Å². The van der Waals surface area contributed by atoms with Crippen LogP contribution in [-0.4, -0.2) is 61.8 Å². The predicted octanol–water partition coefficient (Wildman–Crippen LogP) is 2.16. The van der Waals surface area contributed by atoms with Crippen LogP contribution < -0.4 is 10.6 Å². The summed E-state index contributed by atoms with van der Waals surface area (Å²) >= 11 is 0. The van der Waals surface area contributed by atoms with Crippen molar-refractivity contribution in [2.45, 2.75) is 45.9 Å². The van der Waals surface area contributed by atoms with Crippen LogP contribution in [0.1, 0.15) is 32.8 Å². The minimum Gasteiger partial charge on any atom is -0.445 e. The molecule has 0 radical (unpaired) electrons. The molecule has 2 N–H and O–H groups in total. The van der Waals surface area contributed by atoms with Crippen LogP contribution in [0.2, 0.25) is 0 Å². The van der Waals surface area contributed by atoms with Gasteiger partial charge in [0.1, 0.15) is 12.6 Å². The molecule has 1 saturated heterocycles. The third-order valence-electron chi connectivity index (χ3n) is 5.01. The first-order valence-electron chi connectivity index (χ1n) is 10.1. The molecule has 0 aromatic heterocycles. The zero-order valence-corrected chi connectivity index (χ0v) is 17.1. The second-order valence-corrected chi connectivity index (χ2v) is 7.39. The normalized spacial score (nSPS) is 18.0. The first kappa shape index (κ1) is 22.2. The van der Waals surface area contributed by atoms with Gasteiger partial charge < -0.3 is 20.1 Å². The summed E-state index contributed by atoms with van der Waals surface area (Å²) in [4.78, 5) is 27.3. The van der Waals surface area contributed by atoms with Gasteiger partial charge in [0.25, 0.3) is 0 Å². The Hall–Kier alpha value is -2.12. The lowest BCUT2D eigenvalue weighted by molar-refractivity contribution is -0.125. The fourth-order valence-electron chi connectivity index (χ4n) is 3.14. The molecule has 7 heteroatoms. The Bertz CT molecular complexity index is 605. The smallest absolute Gasteiger partial charge is 0.408 e. The number of amides is 2. The maximum atomic E-state index is 12.8. The van der Waals surface area contributed by atoms with Gasteiger partial charge in [0.2, 0.25) is 5.91 Å². The lowest BCUT2D eigenvalue weighted by Crippen LogP contribution is -2.54. The van der Waals surface area contributed by atoms with E-state index < -0.39 is 12.1 Å². The van der Waals surface area contributed by atoms with Gasteiger partial charge in [0.15, 0.2) is 0 Å². The number of ether oxygens (including phenoxy) is 2. The second kappa shape index (κ2) is 11.7. The Balaban J connectivity index is 1.84. The zero-order valence-electron chi connectivity index (χ0n) is 17.1. The highest BCUT2D eigenvalue weighted by Gasteiger charge is 2.28. The van der Waals surface area contributed by atoms with Crippen LogP contribution in [-0.2, 0) is 20.9 Å². The number of alkyl carbamates (subject to hydrolysis) is 1. The summed E-state index contributed by atoms with van der Waals surface area (Å²) in [7, 11) is 0. The molecule has 0 saturated carbocycles. The third-order valence-corrected chi connectivity index (χ3v) is 5.01. The highest BCUT2D eigenvalue weighted by atomic mass is 16.5. The molecule has 1 fully saturated rings. The van der Waals surface area contributed by atoms with Crippen LogP contribution in [0.4, 0.5) is 4.79 Å². The van der Waals surface area contributed by atoms with Gasteiger partial charge in [-0.1, -0.05) is 50.6 Å². The molecule has 156 valence electrons. The predicted molar refractivity (Wildman–Crippen MR) is 108 cm³/mol. The van der Waals surface area contributed by atoms with Crippen LogP contribution in [0.3, 0.4) is 0 Å². The van der Waals surface area contributed by atoms with Crippen molar-refractivity contribution >= 4 is 12.0 Å². The molecule has 28 heavy (non-hydrogen) atoms. The van der Waals surface area contributed by atoms with Crippen LogP contribution in [0.5, 0.6) is 0 Å². The van der Waals surface area contributed by atoms with E-state index in [1.807, 2.05) is 51.1 Å². The summed E-state index contributed by atoms with van der Waals surface area (Å²) in [6.45, 7) is 10.1. The Morgan fingerprint density at radius 3 is 2.46 bits per heavy atom. The Labute approximate surface area is 167 Å². The lowest BCUT2D eigenvalue weighted by Gasteiger charge is -2.30. The van der Waals surface area contributed by atoms with Crippen molar-refractivity contribution < 1.29 is 19.1 Å². The van der Waals surface area contributed by atoms with Gasteiger partial charge in [-0.15, -0.1) is 0 Å². The first-order valence-corrected chi connectivity index (χ1v) is 10.1. The molecule has 2 amide bonds. The number of carbonyl (C=O) groups excluding carboxylic acids is 2. The van der Waals surface area contributed by atoms with Crippen LogP contribution in [0.25, 0.3) is 0 Å². The molecule has 0 bridgehead atoms. The van der Waals surface area contributed by atoms with Crippen molar-refractivity contribution in [3.8, 4) is 0 Å². The molecule has 7 nitrogen and oxygen atoms in total. The summed E-state index contributed by atoms with van der Waals surface area (Å²) in [6.07, 6.45) is 0.194. The molecule has 1 unspecified atom stereocenters. The number of benzene rings is 1. The standard InChI is InChI=1S/C21H33N3O4/c1-4-16(2)19(23-21(26)28-15-18-8-6-5-7-9-18)20(25)22-17(3)14-24-10-12-27-13-11-24/h5-9,16-17,19H,4,10-15H2,1-3H3,(H,22,25)(H,23,26)/t16-,17?,19-/m0/s1. The van der Waals surface area contributed by atoms with Gasteiger partial charge in [-0.3, -0.25) is 9.69 Å². The van der Waals surface area contributed by atoms with Gasteiger partial charge >= 0.3 is 6.09 Å². The zero-order chi connectivity index (χ0) is 20.4. The van der Waals surface area contributed by atoms with E-state index >= 15 is 0 Å². The Morgan fingerprint density at radius 1 is 1.14 bits per heavy atom. The SMILES string of the molecule is CC[C@H](C)[C@H](NC(=O)OCc1ccccc1)C(=O)NC(C)CN1CCOCC1. The molecule has 2 rings (SSSR count). The summed E-state index contributed by atoms with van der Waals surface area (Å²) in [5, 5.41) is 5.77. The molecule has 1 aromatic rings. The number of hydrogen-bond acceptors (Lipinski definition) is 5. The molecule has 1 aromatic carbocycles. The summed E-state index contributed by atoms with van der Waals surface area (Å²) < 4.78 is 10.6. The molecular weight excluding hydrogens is 358 g/mol. The minimum absolute atomic E-state index is 0.000128. The molecule has 0 spiro atoms. The van der Waals surface area contributed by atoms with E-state index in [0.29, 0.717) is 0 Å². The van der Waals surface area contributed by atoms with E-state index in [1.54, 1.807) is 0 Å². The lowest BCUT2D eigenvalue weighted by atomic mass is 9.98. The maximum absolute atomic E-state index is 12.8. The van der Waals surface area contributed by atoms with E-state index in [4.69, 9.17) is 9.47 Å². The van der Waals surface area contributed by atoms with E-state index in [2.05, 4.69) is 15.5 Å². The minimum atomic E-state index is -0.625. The number of nitrogens with zero attached hydrogens (tertiary/aromatic N) is 1. The molecule has 0 aliphatic carbocycles. The van der Waals surface area contributed by atoms with Crippen molar-refractivity contribution in [3.63, 3.8) is 0 Å². The van der Waals surface area contributed by atoms with Crippen molar-refractivity contribution in [1.29, 1.82) is 0 Å². The van der Waals surface area contributed by atoms with Crippen molar-refractivity contribution in [1.82, 2.24) is 15.5 Å². The summed E-state index contributed by atoms with van der Waals surface area (Å²) in [6, 6.07) is 8.83. The molecule has 3 atom stereocenters. The van der Waals surface area contributed by atoms with E-state index in [1.165, 1.54) is 0 Å². The highest BCUT2D eigenvalue weighted by molar-refractivity contribution is 5.86. The fraction of sp³-hybridized carbons (Fsp3) is 0.619. The average Bonchev–Trinajstić information content (AvgIpc) is 2.71. The number of nitrogens with one attached hydrogen (secondary N) is 2. The van der Waals surface area contributed by atoms with Gasteiger partial charge in [-0.2, -0.15) is 0 Å². The monoisotopic (exact) mass is 391 g/mol. The molecule has 1 aliphatic heterocycles. The van der Waals surface area contributed by atoms with Gasteiger partial charge in [-0.25, -0.2) is 4.79 Å². The summed E-state index contributed by atoms with van der Waals surface area (Å²) in [5.41, 5.74) is 0.904. The van der Waals surface area contributed by atoms with Gasteiger partial charge in [0.05, 0.1) is 13.2 Å². The highest BCUT2D eigenvalue weighted by Crippen LogP contribution is 2.10. The first-order chi connectivity index (χ1) is 13.5. The van der Waals surface area contributed by atoms with Crippen LogP contribution >= 0.6 is 0 Å². The fourth-order valence-corrected chi connectivity index (χ4v) is 3.14. The van der Waals surface area contributed by atoms with Crippen molar-refractivity contribution in [2.24, 2.45) is 5.92 Å². The maximum Gasteiger partial charge on any atom is 0.408 e. The number of rotatable bonds is 9. The topological polar surface area (TPSA) is 79.9 Å². The average molecular weight is 392 g/mol.